The van der Waals surface area contributed by atoms with Gasteiger partial charge in [0, 0.05) is 12.3 Å². The van der Waals surface area contributed by atoms with Gasteiger partial charge in [-0.1, -0.05) is 0 Å². The van der Waals surface area contributed by atoms with E-state index in [4.69, 9.17) is 18.0 Å². The van der Waals surface area contributed by atoms with Gasteiger partial charge in [-0.15, -0.1) is 0 Å². The van der Waals surface area contributed by atoms with Crippen LogP contribution in [0.15, 0.2) is 17.1 Å². The number of nitrogens with two attached hydrogens (primary N) is 1. The van der Waals surface area contributed by atoms with E-state index in [0.29, 0.717) is 0 Å². The molecule has 6 heteroatoms. The number of carbonyl (C=O) groups excluding carboxylic acids is 1. The first kappa shape index (κ1) is 8.66. The number of carbonyl (C=O) groups is 1. The van der Waals surface area contributed by atoms with Gasteiger partial charge in [-0.3, -0.25) is 14.6 Å². The molecule has 0 atom stereocenters. The van der Waals surface area contributed by atoms with Crippen molar-refractivity contribution >= 4 is 18.1 Å². The second-order valence-corrected chi connectivity index (χ2v) is 2.59. The first-order valence-electron chi connectivity index (χ1n) is 3.17. The maximum Gasteiger partial charge on any atom is 0.251 e. The van der Waals surface area contributed by atoms with Gasteiger partial charge in [-0.05, 0) is 12.2 Å². The molecular formula is C6H7N3O2S. The number of nitrogens with one attached hydrogen (secondary N) is 1. The van der Waals surface area contributed by atoms with Crippen LogP contribution >= 0.6 is 12.2 Å². The van der Waals surface area contributed by atoms with Crippen molar-refractivity contribution in [2.45, 2.75) is 6.54 Å². The molecule has 1 amide bonds. The minimum absolute atomic E-state index is 0.0182. The second-order valence-electron chi connectivity index (χ2n) is 2.20. The number of primary amides is 1. The van der Waals surface area contributed by atoms with Crippen LogP contribution in [0.2, 0.25) is 0 Å². The summed E-state index contributed by atoms with van der Waals surface area (Å²) in [6.07, 6.45) is 1.42. The molecule has 3 N–H and O–H groups in total. The number of aromatic amines is 1. The average Bonchev–Trinajstić information content (AvgIpc) is 1.94. The zero-order valence-corrected chi connectivity index (χ0v) is 6.93. The third kappa shape index (κ3) is 2.03. The van der Waals surface area contributed by atoms with Crippen molar-refractivity contribution in [3.63, 3.8) is 0 Å². The molecular weight excluding hydrogens is 178 g/mol. The molecule has 0 unspecified atom stereocenters. The van der Waals surface area contributed by atoms with Crippen LogP contribution in [0.25, 0.3) is 0 Å². The molecule has 1 aromatic heterocycles. The molecule has 12 heavy (non-hydrogen) atoms. The molecule has 0 aliphatic rings. The Kier molecular flexibility index (Phi) is 2.39. The Balaban J connectivity index is 3.10. The Hall–Kier alpha value is -1.43. The highest BCUT2D eigenvalue weighted by atomic mass is 32.1. The van der Waals surface area contributed by atoms with Crippen LogP contribution in [-0.4, -0.2) is 15.5 Å². The summed E-state index contributed by atoms with van der Waals surface area (Å²) >= 11 is 4.76. The number of hydrogen-bond acceptors (Lipinski definition) is 3. The van der Waals surface area contributed by atoms with Crippen molar-refractivity contribution in [1.82, 2.24) is 9.55 Å². The quantitative estimate of drug-likeness (QED) is 0.603. The van der Waals surface area contributed by atoms with Gasteiger partial charge in [0.15, 0.2) is 4.77 Å². The van der Waals surface area contributed by atoms with Gasteiger partial charge in [0.25, 0.3) is 5.56 Å². The lowest BCUT2D eigenvalue weighted by molar-refractivity contribution is -0.118. The van der Waals surface area contributed by atoms with Crippen LogP contribution in [0.5, 0.6) is 0 Å². The predicted octanol–water partition coefficient (Wildman–Crippen LogP) is -0.609. The zero-order valence-electron chi connectivity index (χ0n) is 6.11. The van der Waals surface area contributed by atoms with Gasteiger partial charge >= 0.3 is 0 Å². The maximum absolute atomic E-state index is 10.7. The maximum atomic E-state index is 10.7. The lowest BCUT2D eigenvalue weighted by Crippen LogP contribution is -2.21. The lowest BCUT2D eigenvalue weighted by Gasteiger charge is -2.00. The summed E-state index contributed by atoms with van der Waals surface area (Å²) in [6.45, 7) is -0.0182. The van der Waals surface area contributed by atoms with Crippen molar-refractivity contribution in [1.29, 1.82) is 0 Å². The third-order valence-electron chi connectivity index (χ3n) is 1.22. The second kappa shape index (κ2) is 3.31. The van der Waals surface area contributed by atoms with Crippen molar-refractivity contribution in [3.05, 3.63) is 27.4 Å². The fourth-order valence-electron chi connectivity index (χ4n) is 0.737. The minimum Gasteiger partial charge on any atom is -0.368 e. The van der Waals surface area contributed by atoms with E-state index in [1.54, 1.807) is 0 Å². The highest BCUT2D eigenvalue weighted by Crippen LogP contribution is 1.84. The van der Waals surface area contributed by atoms with E-state index in [1.807, 2.05) is 0 Å². The molecule has 0 aromatic carbocycles. The van der Waals surface area contributed by atoms with Crippen molar-refractivity contribution in [3.8, 4) is 0 Å². The van der Waals surface area contributed by atoms with Gasteiger partial charge in [0.2, 0.25) is 5.91 Å². The molecule has 1 heterocycles. The molecule has 0 fully saturated rings. The smallest absolute Gasteiger partial charge is 0.251 e. The molecule has 0 aliphatic heterocycles. The van der Waals surface area contributed by atoms with Crippen LogP contribution < -0.4 is 11.3 Å². The molecule has 64 valence electrons. The van der Waals surface area contributed by atoms with Crippen molar-refractivity contribution < 1.29 is 4.79 Å². The molecule has 0 spiro atoms. The first-order valence-corrected chi connectivity index (χ1v) is 3.58. The fraction of sp³-hybridized carbons (Fsp3) is 0.167. The number of aromatic nitrogens is 2. The third-order valence-corrected chi connectivity index (χ3v) is 1.56. The number of H-pyrrole nitrogens is 1. The average molecular weight is 185 g/mol. The SMILES string of the molecule is NC(=O)Cn1ccc(=O)[nH]c1=S. The van der Waals surface area contributed by atoms with E-state index in [0.717, 1.165) is 0 Å². The molecule has 0 saturated heterocycles. The van der Waals surface area contributed by atoms with Crippen LogP contribution in [0.4, 0.5) is 0 Å². The number of nitrogens with zero attached hydrogens (tertiary/aromatic N) is 1. The Morgan fingerprint density at radius 2 is 2.42 bits per heavy atom. The van der Waals surface area contributed by atoms with Crippen molar-refractivity contribution in [2.24, 2.45) is 5.73 Å². The minimum atomic E-state index is -0.502. The molecule has 0 radical (unpaired) electrons. The number of hydrogen-bond donors (Lipinski definition) is 2. The van der Waals surface area contributed by atoms with E-state index in [2.05, 4.69) is 4.98 Å². The van der Waals surface area contributed by atoms with Gasteiger partial charge in [0.1, 0.15) is 6.54 Å². The highest BCUT2D eigenvalue weighted by Gasteiger charge is 1.96. The van der Waals surface area contributed by atoms with Crippen LogP contribution in [0.3, 0.4) is 0 Å². The lowest BCUT2D eigenvalue weighted by atomic mass is 10.5. The molecule has 0 aliphatic carbocycles. The Labute approximate surface area is 72.8 Å². The van der Waals surface area contributed by atoms with E-state index in [-0.39, 0.29) is 16.9 Å². The van der Waals surface area contributed by atoms with Gasteiger partial charge in [0.05, 0.1) is 0 Å². The van der Waals surface area contributed by atoms with E-state index < -0.39 is 5.91 Å². The largest absolute Gasteiger partial charge is 0.368 e. The summed E-state index contributed by atoms with van der Waals surface area (Å²) in [5.74, 6) is -0.502. The van der Waals surface area contributed by atoms with Crippen molar-refractivity contribution in [2.75, 3.05) is 0 Å². The van der Waals surface area contributed by atoms with E-state index >= 15 is 0 Å². The Bertz CT molecular complexity index is 406. The topological polar surface area (TPSA) is 80.9 Å². The summed E-state index contributed by atoms with van der Waals surface area (Å²) in [4.78, 5) is 23.5. The monoisotopic (exact) mass is 185 g/mol. The highest BCUT2D eigenvalue weighted by molar-refractivity contribution is 7.71. The van der Waals surface area contributed by atoms with Gasteiger partial charge in [-0.25, -0.2) is 0 Å². The number of rotatable bonds is 2. The summed E-state index contributed by atoms with van der Waals surface area (Å²) in [6, 6.07) is 1.28. The standard InChI is InChI=1S/C6H7N3O2S/c7-4(10)3-9-2-1-5(11)8-6(9)12/h1-2H,3H2,(H2,7,10)(H,8,11,12). The Morgan fingerprint density at radius 1 is 1.75 bits per heavy atom. The first-order chi connectivity index (χ1) is 5.59. The molecule has 0 bridgehead atoms. The normalized spacial score (nSPS) is 9.67. The molecule has 1 rings (SSSR count). The Morgan fingerprint density at radius 3 is 2.92 bits per heavy atom. The van der Waals surface area contributed by atoms with Gasteiger partial charge in [-0.2, -0.15) is 0 Å². The predicted molar refractivity (Wildman–Crippen MR) is 45.1 cm³/mol. The van der Waals surface area contributed by atoms with E-state index in [1.165, 1.54) is 16.8 Å². The van der Waals surface area contributed by atoms with Crippen LogP contribution in [0, 0.1) is 4.77 Å². The van der Waals surface area contributed by atoms with Crippen LogP contribution in [-0.2, 0) is 11.3 Å². The van der Waals surface area contributed by atoms with Crippen LogP contribution in [0.1, 0.15) is 0 Å². The summed E-state index contributed by atoms with van der Waals surface area (Å²) in [5.41, 5.74) is 4.64. The summed E-state index contributed by atoms with van der Waals surface area (Å²) in [7, 11) is 0. The zero-order chi connectivity index (χ0) is 9.14. The van der Waals surface area contributed by atoms with Gasteiger partial charge < -0.3 is 10.3 Å². The summed E-state index contributed by atoms with van der Waals surface area (Å²) in [5, 5.41) is 0. The molecule has 5 nitrogen and oxygen atoms in total. The number of amides is 1. The molecule has 0 saturated carbocycles. The van der Waals surface area contributed by atoms with E-state index in [9.17, 15) is 9.59 Å². The molecule has 1 aromatic rings. The summed E-state index contributed by atoms with van der Waals surface area (Å²) < 4.78 is 1.58. The fourth-order valence-corrected chi connectivity index (χ4v) is 0.963.